The Morgan fingerprint density at radius 1 is 1.38 bits per heavy atom. The molecule has 2 aromatic heterocycles. The lowest BCUT2D eigenvalue weighted by molar-refractivity contribution is 0.0669. The second-order valence-corrected chi connectivity index (χ2v) is 6.64. The van der Waals surface area contributed by atoms with Crippen LogP contribution in [0.2, 0.25) is 0 Å². The molecule has 0 radical (unpaired) electrons. The van der Waals surface area contributed by atoms with Crippen molar-refractivity contribution in [3.05, 3.63) is 18.4 Å². The first-order chi connectivity index (χ1) is 10.3. The Kier molecular flexibility index (Phi) is 4.65. The van der Waals surface area contributed by atoms with E-state index in [1.54, 1.807) is 6.26 Å². The third-order valence-corrected chi connectivity index (χ3v) is 5.27. The zero-order chi connectivity index (χ0) is 14.7. The summed E-state index contributed by atoms with van der Waals surface area (Å²) in [6, 6.07) is 3.80. The Hall–Kier alpha value is -1.27. The molecule has 0 N–H and O–H groups in total. The largest absolute Gasteiger partial charge is 0.461 e. The van der Waals surface area contributed by atoms with Crippen molar-refractivity contribution in [2.24, 2.45) is 5.92 Å². The van der Waals surface area contributed by atoms with E-state index in [1.807, 2.05) is 23.9 Å². The molecule has 0 aromatic carbocycles. The highest BCUT2D eigenvalue weighted by Crippen LogP contribution is 2.33. The van der Waals surface area contributed by atoms with Gasteiger partial charge in [0.2, 0.25) is 0 Å². The quantitative estimate of drug-likeness (QED) is 0.792. The van der Waals surface area contributed by atoms with E-state index in [-0.39, 0.29) is 0 Å². The first-order valence-electron chi connectivity index (χ1n) is 7.51. The van der Waals surface area contributed by atoms with Crippen molar-refractivity contribution in [2.45, 2.75) is 43.6 Å². The van der Waals surface area contributed by atoms with Crippen LogP contribution in [0.4, 0.5) is 0 Å². The van der Waals surface area contributed by atoms with Gasteiger partial charge in [0.25, 0.3) is 0 Å². The standard InChI is InChI=1S/C15H21N3O2S/c1-3-18-14(13-5-4-8-20-13)16-17-15(18)21-11(2)12-6-9-19-10-7-12/h4-5,8,11-12H,3,6-7,9-10H2,1-2H3/t11-/m0/s1. The lowest BCUT2D eigenvalue weighted by Gasteiger charge is -2.26. The number of ether oxygens (including phenoxy) is 1. The van der Waals surface area contributed by atoms with Crippen LogP contribution < -0.4 is 0 Å². The molecule has 1 saturated heterocycles. The number of hydrogen-bond donors (Lipinski definition) is 0. The molecule has 6 heteroatoms. The molecular weight excluding hydrogens is 286 g/mol. The Balaban J connectivity index is 1.76. The second-order valence-electron chi connectivity index (χ2n) is 5.30. The van der Waals surface area contributed by atoms with Crippen molar-refractivity contribution in [2.75, 3.05) is 13.2 Å². The molecule has 21 heavy (non-hydrogen) atoms. The highest BCUT2D eigenvalue weighted by atomic mass is 32.2. The van der Waals surface area contributed by atoms with E-state index in [0.29, 0.717) is 11.2 Å². The van der Waals surface area contributed by atoms with Gasteiger partial charge in [-0.25, -0.2) is 0 Å². The first kappa shape index (κ1) is 14.7. The summed E-state index contributed by atoms with van der Waals surface area (Å²) >= 11 is 1.81. The third-order valence-electron chi connectivity index (χ3n) is 4.00. The van der Waals surface area contributed by atoms with Crippen LogP contribution in [-0.4, -0.2) is 33.2 Å². The molecule has 5 nitrogen and oxygen atoms in total. The Bertz CT molecular complexity index is 561. The van der Waals surface area contributed by atoms with Gasteiger partial charge in [0, 0.05) is 25.0 Å². The van der Waals surface area contributed by atoms with Crippen LogP contribution in [0.15, 0.2) is 28.0 Å². The Labute approximate surface area is 129 Å². The van der Waals surface area contributed by atoms with Crippen LogP contribution in [-0.2, 0) is 11.3 Å². The van der Waals surface area contributed by atoms with Crippen molar-refractivity contribution >= 4 is 11.8 Å². The predicted octanol–water partition coefficient (Wildman–Crippen LogP) is 3.47. The molecule has 0 amide bonds. The molecule has 0 aliphatic carbocycles. The van der Waals surface area contributed by atoms with Gasteiger partial charge in [-0.1, -0.05) is 18.7 Å². The summed E-state index contributed by atoms with van der Waals surface area (Å²) in [5.41, 5.74) is 0. The molecule has 1 aliphatic rings. The van der Waals surface area contributed by atoms with E-state index < -0.39 is 0 Å². The smallest absolute Gasteiger partial charge is 0.200 e. The topological polar surface area (TPSA) is 53.1 Å². The van der Waals surface area contributed by atoms with Crippen LogP contribution in [0.1, 0.15) is 26.7 Å². The maximum absolute atomic E-state index is 5.45. The zero-order valence-electron chi connectivity index (χ0n) is 12.5. The minimum Gasteiger partial charge on any atom is -0.461 e. The number of hydrogen-bond acceptors (Lipinski definition) is 5. The molecule has 2 aromatic rings. The van der Waals surface area contributed by atoms with Crippen molar-refractivity contribution in [3.63, 3.8) is 0 Å². The van der Waals surface area contributed by atoms with Crippen molar-refractivity contribution in [1.82, 2.24) is 14.8 Å². The van der Waals surface area contributed by atoms with E-state index in [0.717, 1.165) is 49.3 Å². The second kappa shape index (κ2) is 6.66. The summed E-state index contributed by atoms with van der Waals surface area (Å²) in [5, 5.41) is 10.2. The van der Waals surface area contributed by atoms with Crippen LogP contribution >= 0.6 is 11.8 Å². The molecule has 0 spiro atoms. The number of aromatic nitrogens is 3. The van der Waals surface area contributed by atoms with E-state index >= 15 is 0 Å². The van der Waals surface area contributed by atoms with Gasteiger partial charge < -0.3 is 9.15 Å². The van der Waals surface area contributed by atoms with Gasteiger partial charge in [0.05, 0.1) is 6.26 Å². The lowest BCUT2D eigenvalue weighted by atomic mass is 9.97. The van der Waals surface area contributed by atoms with Gasteiger partial charge in [-0.15, -0.1) is 10.2 Å². The van der Waals surface area contributed by atoms with E-state index in [1.165, 1.54) is 0 Å². The van der Waals surface area contributed by atoms with Crippen LogP contribution in [0.25, 0.3) is 11.6 Å². The molecule has 1 aliphatic heterocycles. The monoisotopic (exact) mass is 307 g/mol. The fourth-order valence-corrected chi connectivity index (χ4v) is 3.92. The Morgan fingerprint density at radius 3 is 2.86 bits per heavy atom. The average Bonchev–Trinajstić information content (AvgIpc) is 3.16. The van der Waals surface area contributed by atoms with E-state index in [4.69, 9.17) is 9.15 Å². The summed E-state index contributed by atoms with van der Waals surface area (Å²) in [6.07, 6.45) is 3.94. The SMILES string of the molecule is CCn1c(S[C@@H](C)C2CCOCC2)nnc1-c1ccco1. The number of rotatable bonds is 5. The summed E-state index contributed by atoms with van der Waals surface area (Å²) < 4.78 is 13.0. The third kappa shape index (κ3) is 3.16. The van der Waals surface area contributed by atoms with Crippen LogP contribution in [0, 0.1) is 5.92 Å². The number of nitrogens with zero attached hydrogens (tertiary/aromatic N) is 3. The van der Waals surface area contributed by atoms with Crippen LogP contribution in [0.3, 0.4) is 0 Å². The zero-order valence-corrected chi connectivity index (χ0v) is 13.3. The molecular formula is C15H21N3O2S. The van der Waals surface area contributed by atoms with Gasteiger partial charge in [-0.3, -0.25) is 4.57 Å². The summed E-state index contributed by atoms with van der Waals surface area (Å²) in [7, 11) is 0. The highest BCUT2D eigenvalue weighted by Gasteiger charge is 2.24. The molecule has 3 heterocycles. The number of furan rings is 1. The molecule has 0 saturated carbocycles. The van der Waals surface area contributed by atoms with Gasteiger partial charge in [-0.2, -0.15) is 0 Å². The van der Waals surface area contributed by atoms with E-state index in [2.05, 4.69) is 28.6 Å². The van der Waals surface area contributed by atoms with Gasteiger partial charge in [-0.05, 0) is 37.8 Å². The fourth-order valence-electron chi connectivity index (χ4n) is 2.70. The summed E-state index contributed by atoms with van der Waals surface area (Å²) in [4.78, 5) is 0. The Morgan fingerprint density at radius 2 is 2.19 bits per heavy atom. The number of thioether (sulfide) groups is 1. The average molecular weight is 307 g/mol. The first-order valence-corrected chi connectivity index (χ1v) is 8.39. The van der Waals surface area contributed by atoms with Crippen molar-refractivity contribution < 1.29 is 9.15 Å². The van der Waals surface area contributed by atoms with Crippen molar-refractivity contribution in [3.8, 4) is 11.6 Å². The van der Waals surface area contributed by atoms with Gasteiger partial charge >= 0.3 is 0 Å². The van der Waals surface area contributed by atoms with Crippen molar-refractivity contribution in [1.29, 1.82) is 0 Å². The minimum atomic E-state index is 0.521. The molecule has 1 atom stereocenters. The van der Waals surface area contributed by atoms with E-state index in [9.17, 15) is 0 Å². The lowest BCUT2D eigenvalue weighted by Crippen LogP contribution is -2.23. The predicted molar refractivity (Wildman–Crippen MR) is 82.3 cm³/mol. The van der Waals surface area contributed by atoms with Gasteiger partial charge in [0.1, 0.15) is 0 Å². The molecule has 0 bridgehead atoms. The summed E-state index contributed by atoms with van der Waals surface area (Å²) in [5.74, 6) is 2.27. The molecule has 3 rings (SSSR count). The molecule has 0 unspecified atom stereocenters. The molecule has 1 fully saturated rings. The van der Waals surface area contributed by atoms with Crippen LogP contribution in [0.5, 0.6) is 0 Å². The summed E-state index contributed by atoms with van der Waals surface area (Å²) in [6.45, 7) is 6.99. The molecule has 114 valence electrons. The highest BCUT2D eigenvalue weighted by molar-refractivity contribution is 7.99. The van der Waals surface area contributed by atoms with Gasteiger partial charge in [0.15, 0.2) is 16.7 Å². The normalized spacial score (nSPS) is 18.0. The maximum Gasteiger partial charge on any atom is 0.200 e. The maximum atomic E-state index is 5.45. The fraction of sp³-hybridized carbons (Fsp3) is 0.600. The minimum absolute atomic E-state index is 0.521.